The van der Waals surface area contributed by atoms with Gasteiger partial charge in [-0.1, -0.05) is 29.5 Å². The molecule has 1 aromatic heterocycles. The van der Waals surface area contributed by atoms with E-state index in [-0.39, 0.29) is 5.91 Å². The number of nitrogens with one attached hydrogen (secondary N) is 2. The van der Waals surface area contributed by atoms with E-state index in [9.17, 15) is 4.79 Å². The van der Waals surface area contributed by atoms with Gasteiger partial charge in [0, 0.05) is 12.7 Å². The fourth-order valence-electron chi connectivity index (χ4n) is 2.13. The summed E-state index contributed by atoms with van der Waals surface area (Å²) >= 11 is 1.33. The van der Waals surface area contributed by atoms with Crippen molar-refractivity contribution in [2.24, 2.45) is 0 Å². The van der Waals surface area contributed by atoms with Gasteiger partial charge in [-0.05, 0) is 43.3 Å². The number of rotatable bonds is 5. The Hall–Kier alpha value is -2.86. The van der Waals surface area contributed by atoms with Gasteiger partial charge in [0.25, 0.3) is 5.91 Å². The Labute approximate surface area is 144 Å². The third-order valence-corrected chi connectivity index (χ3v) is 4.48. The van der Waals surface area contributed by atoms with Gasteiger partial charge < -0.3 is 15.4 Å². The van der Waals surface area contributed by atoms with Gasteiger partial charge in [-0.15, -0.1) is 0 Å². The molecule has 0 unspecified atom stereocenters. The predicted octanol–water partition coefficient (Wildman–Crippen LogP) is 4.54. The van der Waals surface area contributed by atoms with Crippen molar-refractivity contribution >= 4 is 28.1 Å². The zero-order chi connectivity index (χ0) is 16.9. The number of thiazole rings is 1. The molecular formula is C18H17N3O2S. The molecule has 0 aliphatic heterocycles. The molecule has 0 aliphatic rings. The molecule has 3 rings (SSSR count). The second-order valence-corrected chi connectivity index (χ2v) is 6.08. The number of aromatic nitrogens is 1. The minimum absolute atomic E-state index is 0.164. The molecule has 2 N–H and O–H groups in total. The van der Waals surface area contributed by atoms with Crippen molar-refractivity contribution in [3.05, 3.63) is 65.2 Å². The molecule has 1 amide bonds. The minimum Gasteiger partial charge on any atom is -0.457 e. The Morgan fingerprint density at radius 2 is 1.71 bits per heavy atom. The number of amides is 1. The van der Waals surface area contributed by atoms with Gasteiger partial charge in [-0.3, -0.25) is 4.79 Å². The van der Waals surface area contributed by atoms with Crippen LogP contribution in [0.3, 0.4) is 0 Å². The summed E-state index contributed by atoms with van der Waals surface area (Å²) in [5.74, 6) is 1.32. The maximum atomic E-state index is 12.3. The SMILES string of the molecule is CNc1nc(C)c(C(=O)Nc2ccc(Oc3ccccc3)cc2)s1. The fourth-order valence-corrected chi connectivity index (χ4v) is 2.95. The van der Waals surface area contributed by atoms with E-state index in [0.29, 0.717) is 22.0 Å². The third-order valence-electron chi connectivity index (χ3n) is 3.31. The summed E-state index contributed by atoms with van der Waals surface area (Å²) in [6.45, 7) is 1.82. The molecule has 0 saturated carbocycles. The Balaban J connectivity index is 1.67. The molecule has 2 aromatic carbocycles. The van der Waals surface area contributed by atoms with Crippen molar-refractivity contribution in [3.8, 4) is 11.5 Å². The highest BCUT2D eigenvalue weighted by Crippen LogP contribution is 2.25. The van der Waals surface area contributed by atoms with Crippen LogP contribution in [0.1, 0.15) is 15.4 Å². The zero-order valence-electron chi connectivity index (χ0n) is 13.4. The summed E-state index contributed by atoms with van der Waals surface area (Å²) in [6, 6.07) is 16.8. The second kappa shape index (κ2) is 7.14. The lowest BCUT2D eigenvalue weighted by molar-refractivity contribution is 0.103. The molecule has 0 spiro atoms. The molecule has 122 valence electrons. The van der Waals surface area contributed by atoms with Crippen LogP contribution in [0, 0.1) is 6.92 Å². The van der Waals surface area contributed by atoms with Crippen molar-refractivity contribution in [1.82, 2.24) is 4.98 Å². The third kappa shape index (κ3) is 3.72. The maximum Gasteiger partial charge on any atom is 0.267 e. The number of hydrogen-bond acceptors (Lipinski definition) is 5. The molecule has 3 aromatic rings. The monoisotopic (exact) mass is 339 g/mol. The van der Waals surface area contributed by atoms with Gasteiger partial charge in [0.1, 0.15) is 16.4 Å². The van der Waals surface area contributed by atoms with E-state index in [1.54, 1.807) is 7.05 Å². The summed E-state index contributed by atoms with van der Waals surface area (Å²) in [5.41, 5.74) is 1.42. The van der Waals surface area contributed by atoms with Gasteiger partial charge >= 0.3 is 0 Å². The van der Waals surface area contributed by atoms with E-state index >= 15 is 0 Å². The smallest absolute Gasteiger partial charge is 0.267 e. The van der Waals surface area contributed by atoms with E-state index in [1.165, 1.54) is 11.3 Å². The van der Waals surface area contributed by atoms with E-state index in [1.807, 2.05) is 61.5 Å². The van der Waals surface area contributed by atoms with Gasteiger partial charge in [0.15, 0.2) is 5.13 Å². The Morgan fingerprint density at radius 3 is 2.33 bits per heavy atom. The quantitative estimate of drug-likeness (QED) is 0.716. The summed E-state index contributed by atoms with van der Waals surface area (Å²) in [5, 5.41) is 6.55. The Kier molecular flexibility index (Phi) is 4.77. The van der Waals surface area contributed by atoms with Crippen molar-refractivity contribution in [1.29, 1.82) is 0 Å². The number of para-hydroxylation sites is 1. The number of anilines is 2. The molecule has 24 heavy (non-hydrogen) atoms. The van der Waals surface area contributed by atoms with Crippen LogP contribution in [0.25, 0.3) is 0 Å². The van der Waals surface area contributed by atoms with Crippen LogP contribution < -0.4 is 15.4 Å². The fraction of sp³-hybridized carbons (Fsp3) is 0.111. The van der Waals surface area contributed by atoms with Crippen molar-refractivity contribution in [2.75, 3.05) is 17.7 Å². The molecular weight excluding hydrogens is 322 g/mol. The van der Waals surface area contributed by atoms with E-state index < -0.39 is 0 Å². The highest BCUT2D eigenvalue weighted by atomic mass is 32.1. The van der Waals surface area contributed by atoms with Crippen molar-refractivity contribution in [3.63, 3.8) is 0 Å². The number of benzene rings is 2. The predicted molar refractivity (Wildman–Crippen MR) is 97.3 cm³/mol. The average molecular weight is 339 g/mol. The van der Waals surface area contributed by atoms with Crippen molar-refractivity contribution in [2.45, 2.75) is 6.92 Å². The lowest BCUT2D eigenvalue weighted by Gasteiger charge is -2.07. The number of hydrogen-bond donors (Lipinski definition) is 2. The standard InChI is InChI=1S/C18H17N3O2S/c1-12-16(24-18(19-2)20-12)17(22)21-13-8-10-15(11-9-13)23-14-6-4-3-5-7-14/h3-11H,1-2H3,(H,19,20)(H,21,22). The van der Waals surface area contributed by atoms with E-state index in [2.05, 4.69) is 15.6 Å². The van der Waals surface area contributed by atoms with E-state index in [0.717, 1.165) is 10.9 Å². The molecule has 0 fully saturated rings. The Morgan fingerprint density at radius 1 is 1.04 bits per heavy atom. The lowest BCUT2D eigenvalue weighted by Crippen LogP contribution is -2.11. The van der Waals surface area contributed by atoms with Gasteiger partial charge in [-0.2, -0.15) is 0 Å². The van der Waals surface area contributed by atoms with Crippen LogP contribution in [0.4, 0.5) is 10.8 Å². The minimum atomic E-state index is -0.164. The molecule has 0 saturated heterocycles. The molecule has 0 aliphatic carbocycles. The largest absolute Gasteiger partial charge is 0.457 e. The first-order valence-corrected chi connectivity index (χ1v) is 8.27. The first-order valence-electron chi connectivity index (χ1n) is 7.45. The second-order valence-electron chi connectivity index (χ2n) is 5.08. The molecule has 5 nitrogen and oxygen atoms in total. The lowest BCUT2D eigenvalue weighted by atomic mass is 10.3. The number of nitrogens with zero attached hydrogens (tertiary/aromatic N) is 1. The topological polar surface area (TPSA) is 63.2 Å². The number of carbonyl (C=O) groups is 1. The number of carbonyl (C=O) groups excluding carboxylic acids is 1. The summed E-state index contributed by atoms with van der Waals surface area (Å²) in [6.07, 6.45) is 0. The summed E-state index contributed by atoms with van der Waals surface area (Å²) < 4.78 is 5.73. The van der Waals surface area contributed by atoms with Gasteiger partial charge in [0.05, 0.1) is 5.69 Å². The summed E-state index contributed by atoms with van der Waals surface area (Å²) in [4.78, 5) is 17.2. The van der Waals surface area contributed by atoms with Crippen LogP contribution in [0.15, 0.2) is 54.6 Å². The highest BCUT2D eigenvalue weighted by Gasteiger charge is 2.15. The molecule has 0 atom stereocenters. The molecule has 0 bridgehead atoms. The van der Waals surface area contributed by atoms with E-state index in [4.69, 9.17) is 4.74 Å². The normalized spacial score (nSPS) is 10.2. The first-order chi connectivity index (χ1) is 11.7. The molecule has 6 heteroatoms. The van der Waals surface area contributed by atoms with Crippen LogP contribution in [-0.2, 0) is 0 Å². The number of aryl methyl sites for hydroxylation is 1. The van der Waals surface area contributed by atoms with Crippen LogP contribution in [-0.4, -0.2) is 17.9 Å². The van der Waals surface area contributed by atoms with Crippen LogP contribution in [0.2, 0.25) is 0 Å². The van der Waals surface area contributed by atoms with Gasteiger partial charge in [-0.25, -0.2) is 4.98 Å². The molecule has 1 heterocycles. The zero-order valence-corrected chi connectivity index (χ0v) is 14.2. The highest BCUT2D eigenvalue weighted by molar-refractivity contribution is 7.17. The Bertz CT molecular complexity index is 829. The van der Waals surface area contributed by atoms with Gasteiger partial charge in [0.2, 0.25) is 0 Å². The summed E-state index contributed by atoms with van der Waals surface area (Å²) in [7, 11) is 1.78. The molecule has 0 radical (unpaired) electrons. The van der Waals surface area contributed by atoms with Crippen molar-refractivity contribution < 1.29 is 9.53 Å². The van der Waals surface area contributed by atoms with Crippen LogP contribution >= 0.6 is 11.3 Å². The maximum absolute atomic E-state index is 12.3. The number of ether oxygens (including phenoxy) is 1. The average Bonchev–Trinajstić information content (AvgIpc) is 2.99. The first kappa shape index (κ1) is 16.0. The van der Waals surface area contributed by atoms with Crippen LogP contribution in [0.5, 0.6) is 11.5 Å².